The van der Waals surface area contributed by atoms with Crippen LogP contribution in [0.4, 0.5) is 0 Å². The Bertz CT molecular complexity index is 312. The van der Waals surface area contributed by atoms with Crippen molar-refractivity contribution in [1.82, 2.24) is 0 Å². The first-order valence-corrected chi connectivity index (χ1v) is 4.32. The average Bonchev–Trinajstić information content (AvgIpc) is 1.99. The zero-order chi connectivity index (χ0) is 8.43. The van der Waals surface area contributed by atoms with Gasteiger partial charge in [0, 0.05) is 0 Å². The first kappa shape index (κ1) is 12.1. The molecule has 2 nitrogen and oxygen atoms in total. The summed E-state index contributed by atoms with van der Waals surface area (Å²) in [5.41, 5.74) is 0.501. The maximum atomic E-state index is 9.22. The minimum atomic E-state index is 0. The molecule has 0 saturated carbocycles. The Morgan fingerprint density at radius 3 is 2.00 bits per heavy atom. The predicted molar refractivity (Wildman–Crippen MR) is 55.4 cm³/mol. The quantitative estimate of drug-likeness (QED) is 0.742. The first-order valence-electron chi connectivity index (χ1n) is 2.73. The van der Waals surface area contributed by atoms with Gasteiger partial charge in [0.25, 0.3) is 0 Å². The van der Waals surface area contributed by atoms with E-state index in [0.29, 0.717) is 14.5 Å². The summed E-state index contributed by atoms with van der Waals surface area (Å²) in [5.74, 6) is 0.115. The molecule has 12 heavy (non-hydrogen) atoms. The second kappa shape index (κ2) is 4.94. The molecular formula is C7H4Br2LiNO. The van der Waals surface area contributed by atoms with Gasteiger partial charge in [0.2, 0.25) is 0 Å². The SMILES string of the molecule is N#Cc1cc(Br)c(O)c(Br)c1.[LiH]. The fourth-order valence-corrected chi connectivity index (χ4v) is 1.82. The Balaban J connectivity index is 0.00000121. The number of halogens is 2. The number of nitriles is 1. The minimum absolute atomic E-state index is 0. The van der Waals surface area contributed by atoms with Gasteiger partial charge in [0.15, 0.2) is 0 Å². The van der Waals surface area contributed by atoms with Gasteiger partial charge in [0.1, 0.15) is 5.75 Å². The van der Waals surface area contributed by atoms with E-state index in [-0.39, 0.29) is 24.6 Å². The molecule has 0 aliphatic carbocycles. The van der Waals surface area contributed by atoms with Gasteiger partial charge >= 0.3 is 18.9 Å². The molecule has 5 heteroatoms. The van der Waals surface area contributed by atoms with Crippen LogP contribution in [-0.2, 0) is 0 Å². The van der Waals surface area contributed by atoms with Gasteiger partial charge in [0.05, 0.1) is 20.6 Å². The summed E-state index contributed by atoms with van der Waals surface area (Å²) >= 11 is 6.21. The van der Waals surface area contributed by atoms with Gasteiger partial charge in [-0.25, -0.2) is 0 Å². The van der Waals surface area contributed by atoms with Crippen LogP contribution in [0.3, 0.4) is 0 Å². The molecule has 1 N–H and O–H groups in total. The molecule has 1 rings (SSSR count). The van der Waals surface area contributed by atoms with E-state index in [0.717, 1.165) is 0 Å². The van der Waals surface area contributed by atoms with Crippen molar-refractivity contribution in [3.05, 3.63) is 26.6 Å². The molecule has 0 aromatic heterocycles. The number of hydrogen-bond donors (Lipinski definition) is 1. The van der Waals surface area contributed by atoms with E-state index in [4.69, 9.17) is 5.26 Å². The van der Waals surface area contributed by atoms with Crippen molar-refractivity contribution in [2.24, 2.45) is 0 Å². The number of phenols is 1. The van der Waals surface area contributed by atoms with E-state index in [9.17, 15) is 5.11 Å². The fraction of sp³-hybridized carbons (Fsp3) is 0. The van der Waals surface area contributed by atoms with Gasteiger partial charge < -0.3 is 5.11 Å². The molecule has 0 saturated heterocycles. The van der Waals surface area contributed by atoms with Crippen molar-refractivity contribution in [3.8, 4) is 11.8 Å². The van der Waals surface area contributed by atoms with Gasteiger partial charge in [-0.05, 0) is 44.0 Å². The Hall–Kier alpha value is 0.0674. The van der Waals surface area contributed by atoms with E-state index < -0.39 is 0 Å². The standard InChI is InChI=1S/C7H3Br2NO.Li.H/c8-5-1-4(3-10)2-6(9)7(5)11;;/h1-2,11H;;. The molecule has 0 bridgehead atoms. The molecular weight excluding hydrogens is 281 g/mol. The summed E-state index contributed by atoms with van der Waals surface area (Å²) in [6.45, 7) is 0. The molecule has 1 aromatic carbocycles. The van der Waals surface area contributed by atoms with Crippen LogP contribution in [0.2, 0.25) is 0 Å². The molecule has 0 aliphatic heterocycles. The Morgan fingerprint density at radius 2 is 1.67 bits per heavy atom. The van der Waals surface area contributed by atoms with Crippen molar-refractivity contribution in [1.29, 1.82) is 5.26 Å². The fourth-order valence-electron chi connectivity index (χ4n) is 0.630. The topological polar surface area (TPSA) is 44.0 Å². The molecule has 0 radical (unpaired) electrons. The normalized spacial score (nSPS) is 8.42. The van der Waals surface area contributed by atoms with E-state index in [1.165, 1.54) is 0 Å². The van der Waals surface area contributed by atoms with Crippen molar-refractivity contribution in [2.45, 2.75) is 0 Å². The second-order valence-corrected chi connectivity index (χ2v) is 3.61. The number of aromatic hydroxyl groups is 1. The molecule has 0 fully saturated rings. The van der Waals surface area contributed by atoms with E-state index in [2.05, 4.69) is 31.9 Å². The van der Waals surface area contributed by atoms with Crippen molar-refractivity contribution in [3.63, 3.8) is 0 Å². The number of benzene rings is 1. The second-order valence-electron chi connectivity index (χ2n) is 1.90. The summed E-state index contributed by atoms with van der Waals surface area (Å²) < 4.78 is 1.03. The monoisotopic (exact) mass is 283 g/mol. The predicted octanol–water partition coefficient (Wildman–Crippen LogP) is 2.14. The Morgan fingerprint density at radius 1 is 1.25 bits per heavy atom. The van der Waals surface area contributed by atoms with Crippen LogP contribution in [-0.4, -0.2) is 24.0 Å². The number of nitrogens with zero attached hydrogens (tertiary/aromatic N) is 1. The summed E-state index contributed by atoms with van der Waals surface area (Å²) in [6, 6.07) is 5.08. The third-order valence-corrected chi connectivity index (χ3v) is 2.35. The summed E-state index contributed by atoms with van der Waals surface area (Å²) in [4.78, 5) is 0. The number of rotatable bonds is 0. The zero-order valence-electron chi connectivity index (χ0n) is 5.31. The number of phenolic OH excluding ortho intramolecular Hbond substituents is 1. The molecule has 1 aromatic rings. The molecule has 58 valence electrons. The third-order valence-electron chi connectivity index (χ3n) is 1.15. The molecule has 0 atom stereocenters. The Labute approximate surface area is 99.0 Å². The average molecular weight is 285 g/mol. The summed E-state index contributed by atoms with van der Waals surface area (Å²) in [5, 5.41) is 17.7. The van der Waals surface area contributed by atoms with E-state index >= 15 is 0 Å². The van der Waals surface area contributed by atoms with Crippen molar-refractivity contribution < 1.29 is 5.11 Å². The number of hydrogen-bond acceptors (Lipinski definition) is 2. The molecule has 0 amide bonds. The third kappa shape index (κ3) is 2.54. The Kier molecular flexibility index (Phi) is 4.97. The van der Waals surface area contributed by atoms with Crippen molar-refractivity contribution in [2.75, 3.05) is 0 Å². The molecule has 0 aliphatic rings. The van der Waals surface area contributed by atoms with Gasteiger partial charge in [-0.15, -0.1) is 0 Å². The zero-order valence-corrected chi connectivity index (χ0v) is 8.48. The summed E-state index contributed by atoms with van der Waals surface area (Å²) in [7, 11) is 0. The van der Waals surface area contributed by atoms with Crippen LogP contribution in [0.25, 0.3) is 0 Å². The molecule has 0 unspecified atom stereocenters. The van der Waals surface area contributed by atoms with E-state index in [1.807, 2.05) is 6.07 Å². The van der Waals surface area contributed by atoms with Crippen LogP contribution < -0.4 is 0 Å². The van der Waals surface area contributed by atoms with Crippen LogP contribution in [0, 0.1) is 11.3 Å². The van der Waals surface area contributed by atoms with Crippen molar-refractivity contribution >= 4 is 50.7 Å². The van der Waals surface area contributed by atoms with Crippen LogP contribution >= 0.6 is 31.9 Å². The molecule has 0 heterocycles. The summed E-state index contributed by atoms with van der Waals surface area (Å²) in [6.07, 6.45) is 0. The van der Waals surface area contributed by atoms with Gasteiger partial charge in [-0.3, -0.25) is 0 Å². The van der Waals surface area contributed by atoms with Crippen LogP contribution in [0.15, 0.2) is 21.1 Å². The first-order chi connectivity index (χ1) is 5.15. The maximum absolute atomic E-state index is 9.22. The van der Waals surface area contributed by atoms with E-state index in [1.54, 1.807) is 12.1 Å². The van der Waals surface area contributed by atoms with Gasteiger partial charge in [-0.2, -0.15) is 5.26 Å². The van der Waals surface area contributed by atoms with Crippen LogP contribution in [0.5, 0.6) is 5.75 Å². The van der Waals surface area contributed by atoms with Crippen LogP contribution in [0.1, 0.15) is 5.56 Å². The van der Waals surface area contributed by atoms with Gasteiger partial charge in [-0.1, -0.05) is 0 Å². The molecule has 0 spiro atoms.